The summed E-state index contributed by atoms with van der Waals surface area (Å²) in [6.07, 6.45) is 0. The first-order valence-corrected chi connectivity index (χ1v) is 6.44. The monoisotopic (exact) mass is 273 g/mol. The quantitative estimate of drug-likeness (QED) is 0.509. The Hall–Kier alpha value is -2.41. The van der Waals surface area contributed by atoms with E-state index in [1.807, 2.05) is 30.3 Å². The average molecular weight is 273 g/mol. The summed E-state index contributed by atoms with van der Waals surface area (Å²) < 4.78 is 2.29. The number of rotatable bonds is 1. The van der Waals surface area contributed by atoms with Gasteiger partial charge in [-0.2, -0.15) is 5.10 Å². The highest BCUT2D eigenvalue weighted by atomic mass is 32.1. The summed E-state index contributed by atoms with van der Waals surface area (Å²) in [5.74, 6) is 5.97. The molecule has 3 aromatic rings. The molecule has 2 aromatic heterocycles. The van der Waals surface area contributed by atoms with Gasteiger partial charge in [-0.3, -0.25) is 9.36 Å². The number of aromatic amines is 1. The van der Waals surface area contributed by atoms with Crippen LogP contribution in [0.4, 0.5) is 0 Å². The number of H-pyrrole nitrogens is 1. The second kappa shape index (κ2) is 4.36. The van der Waals surface area contributed by atoms with Crippen LogP contribution in [0.1, 0.15) is 5.82 Å². The van der Waals surface area contributed by atoms with E-state index in [0.29, 0.717) is 21.0 Å². The number of hydrogen-bond donors (Lipinski definition) is 2. The number of nitrogens with two attached hydrogens (primary N) is 1. The first-order valence-electron chi connectivity index (χ1n) is 5.62. The van der Waals surface area contributed by atoms with Crippen molar-refractivity contribution in [2.24, 2.45) is 10.9 Å². The Morgan fingerprint density at radius 2 is 2.11 bits per heavy atom. The maximum Gasteiger partial charge on any atom is 0.270 e. The van der Waals surface area contributed by atoms with Gasteiger partial charge in [0.15, 0.2) is 5.65 Å². The zero-order valence-electron chi connectivity index (χ0n) is 10.1. The normalized spacial score (nSPS) is 12.2. The first kappa shape index (κ1) is 11.7. The molecule has 3 N–H and O–H groups in total. The summed E-state index contributed by atoms with van der Waals surface area (Å²) in [6.45, 7) is 1.74. The van der Waals surface area contributed by atoms with Gasteiger partial charge in [-0.25, -0.2) is 4.98 Å². The van der Waals surface area contributed by atoms with E-state index in [1.54, 1.807) is 11.5 Å². The van der Waals surface area contributed by atoms with Gasteiger partial charge in [-0.05, 0) is 19.1 Å². The van der Waals surface area contributed by atoms with Gasteiger partial charge < -0.3 is 10.8 Å². The average Bonchev–Trinajstić information content (AvgIpc) is 2.78. The molecular weight excluding hydrogens is 262 g/mol. The molecule has 0 bridgehead atoms. The smallest absolute Gasteiger partial charge is 0.270 e. The molecule has 0 saturated heterocycles. The van der Waals surface area contributed by atoms with Gasteiger partial charge in [-0.15, -0.1) is 0 Å². The Labute approximate surface area is 111 Å². The van der Waals surface area contributed by atoms with Crippen LogP contribution in [-0.2, 0) is 0 Å². The molecule has 2 heterocycles. The van der Waals surface area contributed by atoms with Crippen LogP contribution in [0.25, 0.3) is 16.0 Å². The molecule has 19 heavy (non-hydrogen) atoms. The topological polar surface area (TPSA) is 89.1 Å². The van der Waals surface area contributed by atoms with Gasteiger partial charge in [0.25, 0.3) is 5.56 Å². The van der Waals surface area contributed by atoms with Gasteiger partial charge in [-0.1, -0.05) is 29.5 Å². The van der Waals surface area contributed by atoms with Crippen molar-refractivity contribution < 1.29 is 0 Å². The van der Waals surface area contributed by atoms with Gasteiger partial charge >= 0.3 is 0 Å². The first-order chi connectivity index (χ1) is 9.20. The molecule has 0 amide bonds. The maximum atomic E-state index is 11.9. The minimum atomic E-state index is -0.174. The van der Waals surface area contributed by atoms with Crippen LogP contribution in [-0.4, -0.2) is 14.5 Å². The van der Waals surface area contributed by atoms with Crippen molar-refractivity contribution in [2.45, 2.75) is 6.92 Å². The number of hydrogen-bond acceptors (Lipinski definition) is 5. The summed E-state index contributed by atoms with van der Waals surface area (Å²) in [7, 11) is 0. The fraction of sp³-hybridized carbons (Fsp3) is 0.0833. The summed E-state index contributed by atoms with van der Waals surface area (Å²) in [5, 5.41) is 3.74. The lowest BCUT2D eigenvalue weighted by Gasteiger charge is -2.03. The molecule has 0 aliphatic rings. The second-order valence-corrected chi connectivity index (χ2v) is 4.97. The molecule has 3 rings (SSSR count). The molecule has 7 heteroatoms. The highest BCUT2D eigenvalue weighted by Crippen LogP contribution is 2.15. The zero-order chi connectivity index (χ0) is 13.4. The number of thiazole rings is 1. The van der Waals surface area contributed by atoms with Crippen molar-refractivity contribution in [2.75, 3.05) is 0 Å². The number of nitrogens with one attached hydrogen (secondary N) is 1. The molecule has 0 saturated carbocycles. The lowest BCUT2D eigenvalue weighted by Crippen LogP contribution is -2.16. The minimum Gasteiger partial charge on any atom is -0.320 e. The van der Waals surface area contributed by atoms with Crippen molar-refractivity contribution in [3.05, 3.63) is 51.3 Å². The molecule has 96 valence electrons. The fourth-order valence-electron chi connectivity index (χ4n) is 1.93. The molecule has 0 atom stereocenters. The molecule has 0 fully saturated rings. The van der Waals surface area contributed by atoms with Crippen molar-refractivity contribution in [3.63, 3.8) is 0 Å². The van der Waals surface area contributed by atoms with E-state index in [1.165, 1.54) is 11.3 Å². The third-order valence-electron chi connectivity index (χ3n) is 2.70. The summed E-state index contributed by atoms with van der Waals surface area (Å²) in [6, 6.07) is 9.57. The third kappa shape index (κ3) is 1.84. The fourth-order valence-corrected chi connectivity index (χ4v) is 2.82. The number of aromatic nitrogens is 3. The maximum absolute atomic E-state index is 11.9. The highest BCUT2D eigenvalue weighted by Gasteiger charge is 2.12. The van der Waals surface area contributed by atoms with Crippen LogP contribution in [0, 0.1) is 6.92 Å². The standard InChI is InChI=1S/C12H11N5OS/c1-7-14-10-9(11(18)15-7)19-12(16-13)17(10)8-5-3-2-4-6-8/h2-6H,13H2,1H3,(H,14,15,18). The second-order valence-electron chi connectivity index (χ2n) is 3.99. The number of para-hydroxylation sites is 1. The lowest BCUT2D eigenvalue weighted by atomic mass is 10.3. The molecule has 6 nitrogen and oxygen atoms in total. The molecular formula is C12H11N5OS. The van der Waals surface area contributed by atoms with E-state index < -0.39 is 0 Å². The summed E-state index contributed by atoms with van der Waals surface area (Å²) >= 11 is 1.22. The number of nitrogens with zero attached hydrogens (tertiary/aromatic N) is 3. The van der Waals surface area contributed by atoms with Crippen LogP contribution >= 0.6 is 11.3 Å². The molecule has 0 aliphatic heterocycles. The van der Waals surface area contributed by atoms with Gasteiger partial charge in [0.2, 0.25) is 4.80 Å². The largest absolute Gasteiger partial charge is 0.320 e. The van der Waals surface area contributed by atoms with Crippen LogP contribution < -0.4 is 16.2 Å². The van der Waals surface area contributed by atoms with E-state index in [2.05, 4.69) is 15.1 Å². The Morgan fingerprint density at radius 3 is 2.79 bits per heavy atom. The number of fused-ring (bicyclic) bond motifs is 1. The van der Waals surface area contributed by atoms with E-state index in [0.717, 1.165) is 5.69 Å². The molecule has 1 aromatic carbocycles. The SMILES string of the molecule is Cc1nc2c(sc(=NN)n2-c2ccccc2)c(=O)[nH]1. The van der Waals surface area contributed by atoms with Crippen molar-refractivity contribution in [1.82, 2.24) is 14.5 Å². The molecule has 0 unspecified atom stereocenters. The zero-order valence-corrected chi connectivity index (χ0v) is 10.9. The Bertz CT molecular complexity index is 859. The van der Waals surface area contributed by atoms with Crippen LogP contribution in [0.2, 0.25) is 0 Å². The Kier molecular flexibility index (Phi) is 2.68. The van der Waals surface area contributed by atoms with Crippen molar-refractivity contribution >= 4 is 21.7 Å². The Morgan fingerprint density at radius 1 is 1.37 bits per heavy atom. The highest BCUT2D eigenvalue weighted by molar-refractivity contribution is 7.16. The van der Waals surface area contributed by atoms with Crippen LogP contribution in [0.3, 0.4) is 0 Å². The summed E-state index contributed by atoms with van der Waals surface area (Å²) in [5.41, 5.74) is 1.27. The molecule has 0 radical (unpaired) electrons. The Balaban J connectivity index is 2.51. The van der Waals surface area contributed by atoms with Gasteiger partial charge in [0.1, 0.15) is 10.5 Å². The minimum absolute atomic E-state index is 0.174. The third-order valence-corrected chi connectivity index (χ3v) is 3.74. The summed E-state index contributed by atoms with van der Waals surface area (Å²) in [4.78, 5) is 19.5. The van der Waals surface area contributed by atoms with Gasteiger partial charge in [0.05, 0.1) is 0 Å². The van der Waals surface area contributed by atoms with Crippen molar-refractivity contribution in [1.29, 1.82) is 0 Å². The van der Waals surface area contributed by atoms with Gasteiger partial charge in [0, 0.05) is 5.69 Å². The van der Waals surface area contributed by atoms with Crippen LogP contribution in [0.5, 0.6) is 0 Å². The van der Waals surface area contributed by atoms with Crippen LogP contribution in [0.15, 0.2) is 40.2 Å². The lowest BCUT2D eigenvalue weighted by molar-refractivity contribution is 0.956. The van der Waals surface area contributed by atoms with E-state index in [-0.39, 0.29) is 5.56 Å². The number of benzene rings is 1. The van der Waals surface area contributed by atoms with E-state index in [4.69, 9.17) is 5.84 Å². The van der Waals surface area contributed by atoms with E-state index in [9.17, 15) is 4.79 Å². The van der Waals surface area contributed by atoms with E-state index >= 15 is 0 Å². The predicted octanol–water partition coefficient (Wildman–Crippen LogP) is 0.858. The van der Waals surface area contributed by atoms with Crippen molar-refractivity contribution in [3.8, 4) is 5.69 Å². The molecule has 0 aliphatic carbocycles. The predicted molar refractivity (Wildman–Crippen MR) is 74.1 cm³/mol. The number of aryl methyl sites for hydroxylation is 1. The molecule has 0 spiro atoms.